The van der Waals surface area contributed by atoms with Gasteiger partial charge in [0.15, 0.2) is 0 Å². The summed E-state index contributed by atoms with van der Waals surface area (Å²) in [6, 6.07) is 0. The van der Waals surface area contributed by atoms with E-state index in [1.54, 1.807) is 0 Å². The highest BCUT2D eigenvalue weighted by atomic mass is 16.5. The van der Waals surface area contributed by atoms with Gasteiger partial charge in [-0.2, -0.15) is 0 Å². The fourth-order valence-electron chi connectivity index (χ4n) is 2.71. The van der Waals surface area contributed by atoms with Crippen LogP contribution >= 0.6 is 0 Å². The molecule has 1 N–H and O–H groups in total. The third-order valence-corrected chi connectivity index (χ3v) is 2.84. The Labute approximate surface area is 101 Å². The van der Waals surface area contributed by atoms with Crippen molar-refractivity contribution in [2.45, 2.75) is 52.2 Å². The predicted octanol–water partition coefficient (Wildman–Crippen LogP) is 1.88. The Morgan fingerprint density at radius 3 is 2.19 bits per heavy atom. The van der Waals surface area contributed by atoms with Gasteiger partial charge in [0, 0.05) is 13.1 Å². The lowest BCUT2D eigenvalue weighted by molar-refractivity contribution is -0.180. The smallest absolute Gasteiger partial charge is 0.0760 e. The third-order valence-electron chi connectivity index (χ3n) is 2.84. The largest absolute Gasteiger partial charge is 0.367 e. The normalized spacial score (nSPS) is 24.6. The van der Waals surface area contributed by atoms with Crippen LogP contribution in [-0.2, 0) is 4.74 Å². The Bertz CT molecular complexity index is 198. The Hall–Kier alpha value is -0.120. The van der Waals surface area contributed by atoms with Crippen molar-refractivity contribution < 1.29 is 4.74 Å². The van der Waals surface area contributed by atoms with Crippen LogP contribution in [0.15, 0.2) is 0 Å². The first-order valence-electron chi connectivity index (χ1n) is 6.48. The molecule has 1 aliphatic heterocycles. The van der Waals surface area contributed by atoms with Gasteiger partial charge in [0.25, 0.3) is 0 Å². The van der Waals surface area contributed by atoms with Gasteiger partial charge in [-0.25, -0.2) is 0 Å². The van der Waals surface area contributed by atoms with Crippen molar-refractivity contribution in [2.24, 2.45) is 0 Å². The highest BCUT2D eigenvalue weighted by molar-refractivity contribution is 4.88. The van der Waals surface area contributed by atoms with Crippen LogP contribution in [0, 0.1) is 0 Å². The molecule has 0 aliphatic carbocycles. The molecular weight excluding hydrogens is 200 g/mol. The van der Waals surface area contributed by atoms with Crippen molar-refractivity contribution in [1.29, 1.82) is 0 Å². The number of ether oxygens (including phenoxy) is 1. The van der Waals surface area contributed by atoms with E-state index < -0.39 is 0 Å². The van der Waals surface area contributed by atoms with Gasteiger partial charge >= 0.3 is 0 Å². The summed E-state index contributed by atoms with van der Waals surface area (Å²) in [5.74, 6) is 0. The molecule has 0 spiro atoms. The van der Waals surface area contributed by atoms with Crippen molar-refractivity contribution in [3.63, 3.8) is 0 Å². The van der Waals surface area contributed by atoms with Crippen molar-refractivity contribution in [1.82, 2.24) is 10.2 Å². The highest BCUT2D eigenvalue weighted by Crippen LogP contribution is 2.27. The lowest BCUT2D eigenvalue weighted by atomic mass is 9.99. The summed E-state index contributed by atoms with van der Waals surface area (Å²) in [5.41, 5.74) is -0.0279. The summed E-state index contributed by atoms with van der Waals surface area (Å²) < 4.78 is 6.06. The van der Waals surface area contributed by atoms with Crippen LogP contribution in [0.5, 0.6) is 0 Å². The van der Waals surface area contributed by atoms with Gasteiger partial charge in [0.2, 0.25) is 0 Å². The molecule has 3 heteroatoms. The summed E-state index contributed by atoms with van der Waals surface area (Å²) in [6.45, 7) is 16.3. The first-order valence-corrected chi connectivity index (χ1v) is 6.48. The summed E-state index contributed by atoms with van der Waals surface area (Å²) in [6.07, 6.45) is 1.22. The molecule has 0 radical (unpaired) electrons. The summed E-state index contributed by atoms with van der Waals surface area (Å²) >= 11 is 0. The Kier molecular flexibility index (Phi) is 4.77. The quantitative estimate of drug-likeness (QED) is 0.727. The van der Waals surface area contributed by atoms with Gasteiger partial charge in [-0.1, -0.05) is 6.92 Å². The lowest BCUT2D eigenvalue weighted by Gasteiger charge is -2.47. The van der Waals surface area contributed by atoms with E-state index in [1.807, 2.05) is 0 Å². The molecule has 0 bridgehead atoms. The van der Waals surface area contributed by atoms with E-state index in [9.17, 15) is 0 Å². The molecule has 96 valence electrons. The van der Waals surface area contributed by atoms with E-state index in [1.165, 1.54) is 13.0 Å². The minimum absolute atomic E-state index is 0.0140. The molecule has 0 unspecified atom stereocenters. The van der Waals surface area contributed by atoms with E-state index in [0.717, 1.165) is 26.2 Å². The molecule has 1 saturated heterocycles. The molecule has 16 heavy (non-hydrogen) atoms. The minimum Gasteiger partial charge on any atom is -0.367 e. The second-order valence-corrected chi connectivity index (χ2v) is 6.04. The van der Waals surface area contributed by atoms with E-state index in [-0.39, 0.29) is 11.2 Å². The van der Waals surface area contributed by atoms with Gasteiger partial charge in [-0.3, -0.25) is 4.90 Å². The molecule has 0 aromatic carbocycles. The maximum atomic E-state index is 6.06. The second-order valence-electron chi connectivity index (χ2n) is 6.04. The Balaban J connectivity index is 2.36. The average molecular weight is 228 g/mol. The number of morpholine rings is 1. The fraction of sp³-hybridized carbons (Fsp3) is 1.00. The third kappa shape index (κ3) is 4.81. The molecule has 0 atom stereocenters. The number of hydrogen-bond acceptors (Lipinski definition) is 3. The highest BCUT2D eigenvalue weighted by Gasteiger charge is 2.37. The van der Waals surface area contributed by atoms with Crippen LogP contribution in [0.25, 0.3) is 0 Å². The van der Waals surface area contributed by atoms with Crippen molar-refractivity contribution in [3.8, 4) is 0 Å². The van der Waals surface area contributed by atoms with Crippen LogP contribution in [-0.4, -0.2) is 48.8 Å². The average Bonchev–Trinajstić information content (AvgIpc) is 2.07. The van der Waals surface area contributed by atoms with E-state index >= 15 is 0 Å². The number of nitrogens with one attached hydrogen (secondary N) is 1. The van der Waals surface area contributed by atoms with Crippen molar-refractivity contribution >= 4 is 0 Å². The lowest BCUT2D eigenvalue weighted by Crippen LogP contribution is -2.57. The number of hydrogen-bond donors (Lipinski definition) is 1. The van der Waals surface area contributed by atoms with Crippen molar-refractivity contribution in [2.75, 3.05) is 32.7 Å². The zero-order valence-corrected chi connectivity index (χ0v) is 11.6. The van der Waals surface area contributed by atoms with Crippen LogP contribution < -0.4 is 5.32 Å². The van der Waals surface area contributed by atoms with Crippen LogP contribution in [0.4, 0.5) is 0 Å². The van der Waals surface area contributed by atoms with Crippen LogP contribution in [0.1, 0.15) is 41.0 Å². The van der Waals surface area contributed by atoms with Gasteiger partial charge in [0.1, 0.15) is 0 Å². The summed E-state index contributed by atoms with van der Waals surface area (Å²) in [7, 11) is 0. The second kappa shape index (κ2) is 5.48. The maximum Gasteiger partial charge on any atom is 0.0760 e. The molecule has 0 saturated carbocycles. The summed E-state index contributed by atoms with van der Waals surface area (Å²) in [5, 5.41) is 3.37. The SMILES string of the molecule is CCNCCCN1CC(C)(C)OC(C)(C)C1. The molecule has 1 aliphatic rings. The van der Waals surface area contributed by atoms with Crippen LogP contribution in [0.3, 0.4) is 0 Å². The summed E-state index contributed by atoms with van der Waals surface area (Å²) in [4.78, 5) is 2.53. The van der Waals surface area contributed by atoms with Gasteiger partial charge in [-0.15, -0.1) is 0 Å². The first-order chi connectivity index (χ1) is 7.35. The zero-order chi connectivity index (χ0) is 12.2. The van der Waals surface area contributed by atoms with Gasteiger partial charge in [-0.05, 0) is 53.8 Å². The molecule has 3 nitrogen and oxygen atoms in total. The number of rotatable bonds is 5. The molecule has 0 amide bonds. The van der Waals surface area contributed by atoms with Crippen molar-refractivity contribution in [3.05, 3.63) is 0 Å². The molecule has 1 fully saturated rings. The van der Waals surface area contributed by atoms with E-state index in [0.29, 0.717) is 0 Å². The Morgan fingerprint density at radius 2 is 1.69 bits per heavy atom. The monoisotopic (exact) mass is 228 g/mol. The molecule has 1 heterocycles. The standard InChI is InChI=1S/C13H28N2O/c1-6-14-8-7-9-15-10-12(2,3)16-13(4,5)11-15/h14H,6-11H2,1-5H3. The van der Waals surface area contributed by atoms with Crippen LogP contribution in [0.2, 0.25) is 0 Å². The molecule has 0 aromatic heterocycles. The number of nitrogens with zero attached hydrogens (tertiary/aromatic N) is 1. The first kappa shape index (κ1) is 13.9. The minimum atomic E-state index is -0.0140. The maximum absolute atomic E-state index is 6.06. The molecule has 1 rings (SSSR count). The van der Waals surface area contributed by atoms with E-state index in [2.05, 4.69) is 44.8 Å². The molecule has 0 aromatic rings. The van der Waals surface area contributed by atoms with Gasteiger partial charge in [0.05, 0.1) is 11.2 Å². The predicted molar refractivity (Wildman–Crippen MR) is 68.8 cm³/mol. The fourth-order valence-corrected chi connectivity index (χ4v) is 2.71. The molecular formula is C13H28N2O. The zero-order valence-electron chi connectivity index (χ0n) is 11.6. The Morgan fingerprint density at radius 1 is 1.12 bits per heavy atom. The van der Waals surface area contributed by atoms with E-state index in [4.69, 9.17) is 4.74 Å². The van der Waals surface area contributed by atoms with Gasteiger partial charge < -0.3 is 10.1 Å². The topological polar surface area (TPSA) is 24.5 Å².